The Labute approximate surface area is 174 Å². The third-order valence-corrected chi connectivity index (χ3v) is 4.85. The van der Waals surface area contributed by atoms with Crippen molar-refractivity contribution < 1.29 is 9.59 Å². The van der Waals surface area contributed by atoms with Gasteiger partial charge in [-0.05, 0) is 31.7 Å². The summed E-state index contributed by atoms with van der Waals surface area (Å²) in [7, 11) is 0. The minimum absolute atomic E-state index is 0.0110. The molecule has 0 bridgehead atoms. The van der Waals surface area contributed by atoms with Gasteiger partial charge in [0.1, 0.15) is 0 Å². The number of carbonyl (C=O) groups excluding carboxylic acids is 2. The molecule has 0 radical (unpaired) electrons. The van der Waals surface area contributed by atoms with Crippen molar-refractivity contribution >= 4 is 17.8 Å². The molecule has 7 heteroatoms. The molecule has 2 amide bonds. The number of likely N-dealkylation sites (tertiary alicyclic amines) is 1. The van der Waals surface area contributed by atoms with Gasteiger partial charge in [0.25, 0.3) is 0 Å². The van der Waals surface area contributed by atoms with Crippen molar-refractivity contribution in [3.63, 3.8) is 0 Å². The fourth-order valence-electron chi connectivity index (χ4n) is 3.25. The Bertz CT molecular complexity index is 648. The summed E-state index contributed by atoms with van der Waals surface area (Å²) in [4.78, 5) is 30.6. The minimum atomic E-state index is 0.0110. The number of rotatable bonds is 10. The van der Waals surface area contributed by atoms with Crippen LogP contribution in [0, 0.1) is 0 Å². The van der Waals surface area contributed by atoms with Crippen molar-refractivity contribution in [3.05, 3.63) is 35.9 Å². The van der Waals surface area contributed by atoms with Gasteiger partial charge < -0.3 is 20.9 Å². The molecule has 7 nitrogen and oxygen atoms in total. The van der Waals surface area contributed by atoms with Gasteiger partial charge in [0.2, 0.25) is 11.8 Å². The van der Waals surface area contributed by atoms with Crippen LogP contribution in [0.25, 0.3) is 0 Å². The molecule has 0 unspecified atom stereocenters. The molecular weight excluding hydrogens is 366 g/mol. The van der Waals surface area contributed by atoms with Gasteiger partial charge in [0, 0.05) is 52.1 Å². The van der Waals surface area contributed by atoms with E-state index in [1.54, 1.807) is 0 Å². The molecule has 0 atom stereocenters. The van der Waals surface area contributed by atoms with Crippen LogP contribution in [0.3, 0.4) is 0 Å². The Morgan fingerprint density at radius 3 is 2.72 bits per heavy atom. The SMILES string of the molecule is CCNC(=NCCCN1CCCCCC1=O)NCCC(=O)NCc1ccccc1. The first-order chi connectivity index (χ1) is 14.2. The van der Waals surface area contributed by atoms with Crippen molar-refractivity contribution in [2.45, 2.75) is 52.0 Å². The Kier molecular flexibility index (Phi) is 10.6. The molecule has 1 fully saturated rings. The molecule has 1 saturated heterocycles. The summed E-state index contributed by atoms with van der Waals surface area (Å²) in [6.45, 7) is 6.14. The first-order valence-corrected chi connectivity index (χ1v) is 10.8. The molecule has 0 spiro atoms. The van der Waals surface area contributed by atoms with Gasteiger partial charge in [-0.25, -0.2) is 0 Å². The highest BCUT2D eigenvalue weighted by Crippen LogP contribution is 2.11. The summed E-state index contributed by atoms with van der Waals surface area (Å²) in [5.74, 6) is 1.00. The van der Waals surface area contributed by atoms with E-state index < -0.39 is 0 Å². The Morgan fingerprint density at radius 2 is 1.93 bits per heavy atom. The lowest BCUT2D eigenvalue weighted by Gasteiger charge is -2.20. The van der Waals surface area contributed by atoms with Crippen molar-refractivity contribution in [2.75, 3.05) is 32.7 Å². The molecule has 0 aliphatic carbocycles. The van der Waals surface area contributed by atoms with Gasteiger partial charge in [-0.2, -0.15) is 0 Å². The molecular formula is C22H35N5O2. The van der Waals surface area contributed by atoms with Crippen molar-refractivity contribution in [2.24, 2.45) is 4.99 Å². The first kappa shape index (κ1) is 22.7. The number of guanidine groups is 1. The average Bonchev–Trinajstić information content (AvgIpc) is 2.94. The molecule has 0 saturated carbocycles. The van der Waals surface area contributed by atoms with Crippen LogP contribution in [0.15, 0.2) is 35.3 Å². The maximum atomic E-state index is 12.0. The van der Waals surface area contributed by atoms with E-state index >= 15 is 0 Å². The van der Waals surface area contributed by atoms with E-state index in [1.807, 2.05) is 42.2 Å². The van der Waals surface area contributed by atoms with E-state index in [-0.39, 0.29) is 11.8 Å². The fraction of sp³-hybridized carbons (Fsp3) is 0.591. The summed E-state index contributed by atoms with van der Waals surface area (Å²) in [5.41, 5.74) is 1.09. The van der Waals surface area contributed by atoms with Gasteiger partial charge in [-0.1, -0.05) is 36.8 Å². The van der Waals surface area contributed by atoms with Crippen molar-refractivity contribution in [1.29, 1.82) is 0 Å². The predicted molar refractivity (Wildman–Crippen MR) is 117 cm³/mol. The third kappa shape index (κ3) is 9.45. The Morgan fingerprint density at radius 1 is 1.10 bits per heavy atom. The quantitative estimate of drug-likeness (QED) is 0.318. The molecule has 29 heavy (non-hydrogen) atoms. The summed E-state index contributed by atoms with van der Waals surface area (Å²) in [6, 6.07) is 9.87. The largest absolute Gasteiger partial charge is 0.357 e. The topological polar surface area (TPSA) is 85.8 Å². The van der Waals surface area contributed by atoms with E-state index in [0.29, 0.717) is 38.4 Å². The lowest BCUT2D eigenvalue weighted by molar-refractivity contribution is -0.130. The number of benzene rings is 1. The van der Waals surface area contributed by atoms with Crippen molar-refractivity contribution in [3.8, 4) is 0 Å². The molecule has 1 aromatic rings. The van der Waals surface area contributed by atoms with Crippen LogP contribution in [-0.2, 0) is 16.1 Å². The predicted octanol–water partition coefficient (Wildman–Crippen LogP) is 2.04. The fourth-order valence-corrected chi connectivity index (χ4v) is 3.25. The Hall–Kier alpha value is -2.57. The first-order valence-electron chi connectivity index (χ1n) is 10.8. The number of aliphatic imine (C=N–C) groups is 1. The number of carbonyl (C=O) groups is 2. The lowest BCUT2D eigenvalue weighted by atomic mass is 10.2. The number of nitrogens with zero attached hydrogens (tertiary/aromatic N) is 2. The summed E-state index contributed by atoms with van der Waals surface area (Å²) in [6.07, 6.45) is 5.18. The summed E-state index contributed by atoms with van der Waals surface area (Å²) < 4.78 is 0. The van der Waals surface area contributed by atoms with Gasteiger partial charge in [0.05, 0.1) is 0 Å². The maximum Gasteiger partial charge on any atom is 0.222 e. The molecule has 0 aromatic heterocycles. The standard InChI is InChI=1S/C22H35N5O2/c1-2-23-22(24-14-9-17-27-16-8-4-7-12-21(27)29)25-15-13-20(28)26-18-19-10-5-3-6-11-19/h3,5-6,10-11H,2,4,7-9,12-18H2,1H3,(H,26,28)(H2,23,24,25). The van der Waals surface area contributed by atoms with Crippen LogP contribution >= 0.6 is 0 Å². The minimum Gasteiger partial charge on any atom is -0.357 e. The number of amides is 2. The van der Waals surface area contributed by atoms with E-state index in [1.165, 1.54) is 0 Å². The third-order valence-electron chi connectivity index (χ3n) is 4.85. The molecule has 2 rings (SSSR count). The summed E-state index contributed by atoms with van der Waals surface area (Å²) in [5, 5.41) is 9.33. The van der Waals surface area contributed by atoms with E-state index in [0.717, 1.165) is 50.9 Å². The van der Waals surface area contributed by atoms with Crippen LogP contribution in [-0.4, -0.2) is 55.4 Å². The second-order valence-electron chi connectivity index (χ2n) is 7.24. The van der Waals surface area contributed by atoms with Crippen LogP contribution in [0.1, 0.15) is 51.0 Å². The van der Waals surface area contributed by atoms with E-state index in [4.69, 9.17) is 0 Å². The maximum absolute atomic E-state index is 12.0. The molecule has 1 aromatic carbocycles. The van der Waals surface area contributed by atoms with Gasteiger partial charge in [-0.15, -0.1) is 0 Å². The van der Waals surface area contributed by atoms with Crippen molar-refractivity contribution in [1.82, 2.24) is 20.9 Å². The number of hydrogen-bond acceptors (Lipinski definition) is 3. The Balaban J connectivity index is 1.64. The monoisotopic (exact) mass is 401 g/mol. The lowest BCUT2D eigenvalue weighted by Crippen LogP contribution is -2.39. The smallest absolute Gasteiger partial charge is 0.222 e. The van der Waals surface area contributed by atoms with Gasteiger partial charge >= 0.3 is 0 Å². The van der Waals surface area contributed by atoms with Gasteiger partial charge in [0.15, 0.2) is 5.96 Å². The van der Waals surface area contributed by atoms with Crippen LogP contribution in [0.5, 0.6) is 0 Å². The second kappa shape index (κ2) is 13.6. The highest BCUT2D eigenvalue weighted by Gasteiger charge is 2.15. The van der Waals surface area contributed by atoms with E-state index in [9.17, 15) is 9.59 Å². The normalized spacial score (nSPS) is 15.0. The van der Waals surface area contributed by atoms with Crippen LogP contribution < -0.4 is 16.0 Å². The van der Waals surface area contributed by atoms with Crippen LogP contribution in [0.2, 0.25) is 0 Å². The van der Waals surface area contributed by atoms with Gasteiger partial charge in [-0.3, -0.25) is 14.6 Å². The molecule has 160 valence electrons. The summed E-state index contributed by atoms with van der Waals surface area (Å²) >= 11 is 0. The number of nitrogens with one attached hydrogen (secondary N) is 3. The molecule has 1 heterocycles. The molecule has 1 aliphatic rings. The zero-order valence-electron chi connectivity index (χ0n) is 17.6. The van der Waals surface area contributed by atoms with Crippen LogP contribution in [0.4, 0.5) is 0 Å². The zero-order valence-corrected chi connectivity index (χ0v) is 17.6. The molecule has 3 N–H and O–H groups in total. The highest BCUT2D eigenvalue weighted by molar-refractivity contribution is 5.81. The zero-order chi connectivity index (χ0) is 20.7. The highest BCUT2D eigenvalue weighted by atomic mass is 16.2. The average molecular weight is 402 g/mol. The van der Waals surface area contributed by atoms with E-state index in [2.05, 4.69) is 20.9 Å². The number of hydrogen-bond donors (Lipinski definition) is 3. The molecule has 1 aliphatic heterocycles. The second-order valence-corrected chi connectivity index (χ2v) is 7.24.